The van der Waals surface area contributed by atoms with Crippen molar-refractivity contribution in [2.75, 3.05) is 27.8 Å². The maximum atomic E-state index is 13.4. The molecule has 0 saturated carbocycles. The zero-order valence-electron chi connectivity index (χ0n) is 40.8. The van der Waals surface area contributed by atoms with E-state index in [0.717, 1.165) is 33.4 Å². The molecule has 0 aliphatic heterocycles. The molecule has 3 heterocycles. The van der Waals surface area contributed by atoms with Crippen LogP contribution in [0, 0.1) is 5.41 Å². The Morgan fingerprint density at radius 1 is 0.684 bits per heavy atom. The molecule has 7 aromatic rings. The van der Waals surface area contributed by atoms with Gasteiger partial charge in [-0.1, -0.05) is 12.1 Å². The lowest BCUT2D eigenvalue weighted by Gasteiger charge is -2.17. The smallest absolute Gasteiger partial charge is 0.441 e. The number of fused-ring (bicyclic) bond motifs is 1. The number of nitrogens with zero attached hydrogens (tertiary/aromatic N) is 5. The molecule has 14 N–H and O–H groups in total. The first kappa shape index (κ1) is 55.9. The lowest BCUT2D eigenvalue weighted by Crippen LogP contribution is -2.35. The van der Waals surface area contributed by atoms with Crippen molar-refractivity contribution < 1.29 is 45.5 Å². The molecule has 3 aromatic heterocycles. The Bertz CT molecular complexity index is 3540. The van der Waals surface area contributed by atoms with Crippen LogP contribution < -0.4 is 61.1 Å². The third-order valence-corrected chi connectivity index (χ3v) is 10.8. The van der Waals surface area contributed by atoms with Crippen LogP contribution in [0.4, 0.5) is 55.2 Å². The zero-order chi connectivity index (χ0) is 56.0. The van der Waals surface area contributed by atoms with Crippen molar-refractivity contribution in [1.82, 2.24) is 34.7 Å². The molecule has 0 fully saturated rings. The van der Waals surface area contributed by atoms with E-state index in [1.807, 2.05) is 0 Å². The molecular weight excluding hydrogens is 1010 g/mol. The van der Waals surface area contributed by atoms with Crippen molar-refractivity contribution in [3.8, 4) is 28.3 Å². The van der Waals surface area contributed by atoms with Crippen LogP contribution in [0.25, 0.3) is 33.5 Å². The van der Waals surface area contributed by atoms with Gasteiger partial charge >= 0.3 is 18.1 Å². The minimum Gasteiger partial charge on any atom is -0.507 e. The number of aromatic nitrogens is 5. The first-order valence-corrected chi connectivity index (χ1v) is 22.7. The average molecular weight is 1060 g/mol. The van der Waals surface area contributed by atoms with Crippen LogP contribution >= 0.6 is 0 Å². The Hall–Kier alpha value is -9.43. The van der Waals surface area contributed by atoms with Gasteiger partial charge in [0.1, 0.15) is 36.1 Å². The van der Waals surface area contributed by atoms with E-state index < -0.39 is 65.3 Å². The van der Waals surface area contributed by atoms with Gasteiger partial charge in [0.15, 0.2) is 11.6 Å². The number of nitrogen functional groups attached to an aromatic ring is 4. The van der Waals surface area contributed by atoms with E-state index >= 15 is 0 Å². The van der Waals surface area contributed by atoms with Crippen LogP contribution in [0.3, 0.4) is 0 Å². The topological polar surface area (TPSA) is 343 Å². The van der Waals surface area contributed by atoms with Crippen LogP contribution in [0.15, 0.2) is 104 Å². The fraction of sp³-hybridized carbons (Fsp3) is 0.245. The molecule has 21 nitrogen and oxygen atoms in total. The number of nitrogens with one attached hydrogen (secondary N) is 5. The highest BCUT2D eigenvalue weighted by atomic mass is 19.4. The number of amides is 2. The number of carbonyl (C=O) groups is 2. The number of phenolic OH excluding ortho intramolecular Hbond substituents is 1. The highest BCUT2D eigenvalue weighted by Crippen LogP contribution is 2.35. The minimum atomic E-state index is -4.68. The van der Waals surface area contributed by atoms with Crippen molar-refractivity contribution in [2.24, 2.45) is 5.73 Å². The highest BCUT2D eigenvalue weighted by molar-refractivity contribution is 5.97. The number of carbonyl (C=O) groups excluding carboxylic acids is 2. The number of nitrogens with two attached hydrogens (primary N) is 4. The molecule has 0 aliphatic carbocycles. The maximum Gasteiger partial charge on any atom is 0.441 e. The SMILES string of the molecule is CC(C)Nc1ncc(-c2cc(N)cc(C(F)(F)F)c2)n(CC(=O)NCc2ccc(C(=N)N)c(O)c2)c1=O.CC(C)Nc1ncc(-c2cc(N)cc(C(F)(F)F)c2)n(CC(=O)NCc2ccc3c(N)nc(=O)oc3c2)c1=O. The third-order valence-electron chi connectivity index (χ3n) is 10.8. The lowest BCUT2D eigenvalue weighted by molar-refractivity contribution is -0.138. The van der Waals surface area contributed by atoms with Crippen LogP contribution in [-0.4, -0.2) is 58.9 Å². The van der Waals surface area contributed by atoms with Crippen molar-refractivity contribution in [3.05, 3.63) is 144 Å². The van der Waals surface area contributed by atoms with E-state index in [2.05, 4.69) is 36.2 Å². The van der Waals surface area contributed by atoms with Crippen LogP contribution in [0.2, 0.25) is 0 Å². The normalized spacial score (nSPS) is 11.5. The Morgan fingerprint density at radius 2 is 1.13 bits per heavy atom. The first-order chi connectivity index (χ1) is 35.6. The molecule has 0 saturated heterocycles. The molecule has 2 amide bonds. The quantitative estimate of drug-likeness (QED) is 0.0267. The van der Waals surface area contributed by atoms with Crippen molar-refractivity contribution in [1.29, 1.82) is 5.41 Å². The van der Waals surface area contributed by atoms with E-state index in [0.29, 0.717) is 16.5 Å². The van der Waals surface area contributed by atoms with Gasteiger partial charge in [-0.25, -0.2) is 14.8 Å². The van der Waals surface area contributed by atoms with E-state index in [1.165, 1.54) is 42.7 Å². The molecule has 0 unspecified atom stereocenters. The molecule has 0 atom stereocenters. The van der Waals surface area contributed by atoms with Gasteiger partial charge in [0.25, 0.3) is 11.1 Å². The third kappa shape index (κ3) is 14.0. The molecule has 0 radical (unpaired) electrons. The molecular formula is C49H50F6N14O7. The number of amidine groups is 1. The lowest BCUT2D eigenvalue weighted by atomic mass is 10.1. The van der Waals surface area contributed by atoms with Crippen molar-refractivity contribution >= 4 is 57.4 Å². The van der Waals surface area contributed by atoms with Gasteiger partial charge in [0.05, 0.1) is 45.9 Å². The predicted molar refractivity (Wildman–Crippen MR) is 272 cm³/mol. The number of hydrogen-bond acceptors (Lipinski definition) is 16. The molecule has 4 aromatic carbocycles. The standard InChI is InChI=1S/C25H24F3N7O4.C24H26F3N7O3/c1-12(2)33-22-23(37)35(18(10-32-22)14-6-15(25(26,27)28)8-16(29)7-14)11-20(36)31-9-13-3-4-17-19(5-13)39-24(38)34-21(17)30;1-12(2)33-22-23(37)34(11-20(36)31-9-13-3-4-17(21(29)30)19(35)5-13)18(10-32-22)14-6-15(24(25,26)27)8-16(28)7-14/h3-8,10,12H,9,11,29H2,1-2H3,(H,31,36)(H,32,33)(H2,30,34,38);3-8,10,12,35H,9,11,28H2,1-2H3,(H3,29,30)(H,31,36)(H,32,33). The van der Waals surface area contributed by atoms with Crippen LogP contribution in [0.1, 0.15) is 55.5 Å². The first-order valence-electron chi connectivity index (χ1n) is 22.7. The number of rotatable bonds is 15. The number of halogens is 6. The summed E-state index contributed by atoms with van der Waals surface area (Å²) >= 11 is 0. The molecule has 27 heteroatoms. The summed E-state index contributed by atoms with van der Waals surface area (Å²) in [4.78, 5) is 75.2. The molecule has 0 bridgehead atoms. The highest BCUT2D eigenvalue weighted by Gasteiger charge is 2.33. The van der Waals surface area contributed by atoms with E-state index in [9.17, 15) is 55.4 Å². The Balaban J connectivity index is 0.000000247. The molecule has 7 rings (SSSR count). The number of aromatic hydroxyl groups is 1. The number of anilines is 5. The summed E-state index contributed by atoms with van der Waals surface area (Å²) < 4.78 is 87.4. The Morgan fingerprint density at radius 3 is 1.55 bits per heavy atom. The summed E-state index contributed by atoms with van der Waals surface area (Å²) in [6, 6.07) is 14.4. The Labute approximate surface area is 426 Å². The summed E-state index contributed by atoms with van der Waals surface area (Å²) in [6.07, 6.45) is -6.95. The molecule has 76 heavy (non-hydrogen) atoms. The fourth-order valence-electron chi connectivity index (χ4n) is 7.39. The van der Waals surface area contributed by atoms with Gasteiger partial charge in [-0.3, -0.25) is 33.7 Å². The number of hydrogen-bond donors (Lipinski definition) is 10. The van der Waals surface area contributed by atoms with Crippen molar-refractivity contribution in [2.45, 2.75) is 78.3 Å². The van der Waals surface area contributed by atoms with E-state index in [4.69, 9.17) is 32.8 Å². The van der Waals surface area contributed by atoms with Gasteiger partial charge in [0.2, 0.25) is 11.8 Å². The van der Waals surface area contributed by atoms with E-state index in [-0.39, 0.29) is 99.2 Å². The fourth-order valence-corrected chi connectivity index (χ4v) is 7.39. The van der Waals surface area contributed by atoms with E-state index in [1.54, 1.807) is 45.9 Å². The largest absolute Gasteiger partial charge is 0.507 e. The number of alkyl halides is 6. The summed E-state index contributed by atoms with van der Waals surface area (Å²) in [5.41, 5.74) is 19.9. The molecule has 400 valence electrons. The van der Waals surface area contributed by atoms with Gasteiger partial charge in [0, 0.05) is 47.7 Å². The summed E-state index contributed by atoms with van der Waals surface area (Å²) in [7, 11) is 0. The van der Waals surface area contributed by atoms with Crippen molar-refractivity contribution in [3.63, 3.8) is 0 Å². The second-order valence-electron chi connectivity index (χ2n) is 17.6. The van der Waals surface area contributed by atoms with Gasteiger partial charge in [-0.2, -0.15) is 31.3 Å². The number of phenols is 1. The second-order valence-corrected chi connectivity index (χ2v) is 17.6. The van der Waals surface area contributed by atoms with Gasteiger partial charge < -0.3 is 53.7 Å². The van der Waals surface area contributed by atoms with Crippen LogP contribution in [0.5, 0.6) is 5.75 Å². The summed E-state index contributed by atoms with van der Waals surface area (Å²) in [6.45, 7) is 5.98. The monoisotopic (exact) mass is 1060 g/mol. The molecule has 0 aliphatic rings. The zero-order valence-corrected chi connectivity index (χ0v) is 40.8. The summed E-state index contributed by atoms with van der Waals surface area (Å²) in [5.74, 6) is -2.81. The van der Waals surface area contributed by atoms with Gasteiger partial charge in [-0.15, -0.1) is 0 Å². The maximum absolute atomic E-state index is 13.4. The Kier molecular flexibility index (Phi) is 16.7. The molecule has 0 spiro atoms. The van der Waals surface area contributed by atoms with Crippen LogP contribution in [-0.2, 0) is 48.1 Å². The minimum absolute atomic E-state index is 0.00228. The summed E-state index contributed by atoms with van der Waals surface area (Å²) in [5, 5.41) is 28.8. The average Bonchev–Trinajstić information content (AvgIpc) is 3.32. The second kappa shape index (κ2) is 22.8. The predicted octanol–water partition coefficient (Wildman–Crippen LogP) is 5.37. The number of benzene rings is 4. The van der Waals surface area contributed by atoms with Gasteiger partial charge in [-0.05, 0) is 99.5 Å².